The zero-order valence-corrected chi connectivity index (χ0v) is 17.1. The predicted octanol–water partition coefficient (Wildman–Crippen LogP) is 3.73. The van der Waals surface area contributed by atoms with Crippen LogP contribution >= 0.6 is 0 Å². The molecule has 152 valence electrons. The van der Waals surface area contributed by atoms with Crippen molar-refractivity contribution in [3.05, 3.63) is 65.7 Å². The van der Waals surface area contributed by atoms with Crippen LogP contribution < -0.4 is 9.46 Å². The molecule has 3 rings (SSSR count). The van der Waals surface area contributed by atoms with Crippen molar-refractivity contribution in [3.8, 4) is 5.75 Å². The molecular formula is C22H29NO4S. The van der Waals surface area contributed by atoms with Gasteiger partial charge in [-0.25, -0.2) is 13.1 Å². The first kappa shape index (κ1) is 20.8. The summed E-state index contributed by atoms with van der Waals surface area (Å²) in [4.78, 5) is 0. The van der Waals surface area contributed by atoms with Crippen LogP contribution in [-0.4, -0.2) is 25.3 Å². The summed E-state index contributed by atoms with van der Waals surface area (Å²) >= 11 is 0. The van der Waals surface area contributed by atoms with E-state index in [0.29, 0.717) is 25.9 Å². The molecule has 28 heavy (non-hydrogen) atoms. The highest BCUT2D eigenvalue weighted by Gasteiger charge is 2.42. The minimum absolute atomic E-state index is 0.0752. The van der Waals surface area contributed by atoms with Gasteiger partial charge >= 0.3 is 0 Å². The topological polar surface area (TPSA) is 75.6 Å². The van der Waals surface area contributed by atoms with E-state index in [1.165, 1.54) is 0 Å². The quantitative estimate of drug-likeness (QED) is 0.704. The van der Waals surface area contributed by atoms with Gasteiger partial charge in [-0.05, 0) is 42.5 Å². The second-order valence-electron chi connectivity index (χ2n) is 7.46. The molecule has 1 aliphatic carbocycles. The van der Waals surface area contributed by atoms with Gasteiger partial charge in [-0.2, -0.15) is 0 Å². The van der Waals surface area contributed by atoms with Crippen molar-refractivity contribution in [2.24, 2.45) is 0 Å². The van der Waals surface area contributed by atoms with Crippen LogP contribution in [0.4, 0.5) is 0 Å². The molecule has 0 spiro atoms. The Kier molecular flexibility index (Phi) is 6.75. The van der Waals surface area contributed by atoms with E-state index < -0.39 is 21.7 Å². The molecule has 2 atom stereocenters. The van der Waals surface area contributed by atoms with Crippen molar-refractivity contribution in [1.82, 2.24) is 4.72 Å². The fourth-order valence-corrected chi connectivity index (χ4v) is 5.18. The molecule has 2 unspecified atom stereocenters. The third-order valence-corrected chi connectivity index (χ3v) is 6.86. The number of aliphatic hydroxyl groups is 1. The van der Waals surface area contributed by atoms with Crippen LogP contribution in [0.5, 0.6) is 5.75 Å². The number of benzene rings is 2. The van der Waals surface area contributed by atoms with Crippen LogP contribution in [-0.2, 0) is 22.2 Å². The van der Waals surface area contributed by atoms with Crippen molar-refractivity contribution in [2.75, 3.05) is 5.75 Å². The second-order valence-corrected chi connectivity index (χ2v) is 9.33. The molecule has 1 fully saturated rings. The summed E-state index contributed by atoms with van der Waals surface area (Å²) in [5, 5.41) is 11.4. The standard InChI is InChI=1S/C22H29NO4S/c1-2-16-28(25,26)23-21-10-6-7-15-22(21,24)19-11-13-20(14-12-19)27-17-18-8-4-3-5-9-18/h3-5,8-9,11-14,21,23-24H,2,6-7,10,15-17H2,1H3. The molecule has 2 aromatic rings. The molecule has 1 saturated carbocycles. The van der Waals surface area contributed by atoms with Gasteiger partial charge in [-0.1, -0.05) is 62.2 Å². The van der Waals surface area contributed by atoms with Gasteiger partial charge in [0.1, 0.15) is 18.0 Å². The SMILES string of the molecule is CCCS(=O)(=O)NC1CCCCC1(O)c1ccc(OCc2ccccc2)cc1. The zero-order valence-electron chi connectivity index (χ0n) is 16.3. The highest BCUT2D eigenvalue weighted by Crippen LogP contribution is 2.38. The lowest BCUT2D eigenvalue weighted by Gasteiger charge is -2.40. The van der Waals surface area contributed by atoms with E-state index in [9.17, 15) is 13.5 Å². The normalized spacial score (nSPS) is 22.7. The van der Waals surface area contributed by atoms with E-state index >= 15 is 0 Å². The molecular weight excluding hydrogens is 374 g/mol. The Morgan fingerprint density at radius 1 is 1.11 bits per heavy atom. The molecule has 2 aromatic carbocycles. The highest BCUT2D eigenvalue weighted by molar-refractivity contribution is 7.89. The third kappa shape index (κ3) is 5.13. The minimum Gasteiger partial charge on any atom is -0.489 e. The summed E-state index contributed by atoms with van der Waals surface area (Å²) in [6, 6.07) is 16.8. The molecule has 0 bridgehead atoms. The number of nitrogens with one attached hydrogen (secondary N) is 1. The van der Waals surface area contributed by atoms with Crippen LogP contribution in [0, 0.1) is 0 Å². The smallest absolute Gasteiger partial charge is 0.211 e. The highest BCUT2D eigenvalue weighted by atomic mass is 32.2. The van der Waals surface area contributed by atoms with Crippen LogP contribution in [0.3, 0.4) is 0 Å². The number of sulfonamides is 1. The Labute approximate surface area is 167 Å². The monoisotopic (exact) mass is 403 g/mol. The van der Waals surface area contributed by atoms with Gasteiger partial charge in [-0.3, -0.25) is 0 Å². The van der Waals surface area contributed by atoms with Crippen LogP contribution in [0.2, 0.25) is 0 Å². The lowest BCUT2D eigenvalue weighted by molar-refractivity contribution is -0.0249. The first-order valence-electron chi connectivity index (χ1n) is 9.92. The van der Waals surface area contributed by atoms with Crippen LogP contribution in [0.25, 0.3) is 0 Å². The maximum Gasteiger partial charge on any atom is 0.211 e. The molecule has 0 aromatic heterocycles. The molecule has 0 saturated heterocycles. The maximum absolute atomic E-state index is 12.2. The summed E-state index contributed by atoms with van der Waals surface area (Å²) in [6.07, 6.45) is 3.49. The Bertz CT molecular complexity index is 852. The third-order valence-electron chi connectivity index (χ3n) is 5.27. The molecule has 2 N–H and O–H groups in total. The van der Waals surface area contributed by atoms with Gasteiger partial charge in [0.25, 0.3) is 0 Å². The molecule has 5 nitrogen and oxygen atoms in total. The van der Waals surface area contributed by atoms with Crippen molar-refractivity contribution >= 4 is 10.0 Å². The van der Waals surface area contributed by atoms with E-state index in [0.717, 1.165) is 29.7 Å². The van der Waals surface area contributed by atoms with E-state index in [2.05, 4.69) is 4.72 Å². The van der Waals surface area contributed by atoms with Crippen molar-refractivity contribution in [2.45, 2.75) is 57.3 Å². The summed E-state index contributed by atoms with van der Waals surface area (Å²) in [5.41, 5.74) is 0.614. The zero-order chi connectivity index (χ0) is 20.0. The van der Waals surface area contributed by atoms with E-state index in [4.69, 9.17) is 4.74 Å². The molecule has 0 heterocycles. The van der Waals surface area contributed by atoms with Crippen LogP contribution in [0.1, 0.15) is 50.2 Å². The fourth-order valence-electron chi connectivity index (χ4n) is 3.78. The van der Waals surface area contributed by atoms with Crippen molar-refractivity contribution in [3.63, 3.8) is 0 Å². The average molecular weight is 404 g/mol. The Balaban J connectivity index is 1.72. The lowest BCUT2D eigenvalue weighted by atomic mass is 9.76. The first-order valence-corrected chi connectivity index (χ1v) is 11.6. The molecule has 1 aliphatic rings. The van der Waals surface area contributed by atoms with Crippen molar-refractivity contribution < 1.29 is 18.3 Å². The number of rotatable bonds is 8. The number of hydrogen-bond donors (Lipinski definition) is 2. The van der Waals surface area contributed by atoms with E-state index in [-0.39, 0.29) is 5.75 Å². The molecule has 0 aliphatic heterocycles. The maximum atomic E-state index is 12.2. The van der Waals surface area contributed by atoms with Gasteiger partial charge in [0, 0.05) is 0 Å². The molecule has 0 radical (unpaired) electrons. The van der Waals surface area contributed by atoms with Gasteiger partial charge in [0.2, 0.25) is 10.0 Å². The average Bonchev–Trinajstić information content (AvgIpc) is 2.69. The summed E-state index contributed by atoms with van der Waals surface area (Å²) in [5.74, 6) is 0.793. The fraction of sp³-hybridized carbons (Fsp3) is 0.455. The van der Waals surface area contributed by atoms with Gasteiger partial charge in [0.05, 0.1) is 11.8 Å². The summed E-state index contributed by atoms with van der Waals surface area (Å²) in [6.45, 7) is 2.31. The Hall–Kier alpha value is -1.89. The minimum atomic E-state index is -3.39. The summed E-state index contributed by atoms with van der Waals surface area (Å²) in [7, 11) is -3.39. The predicted molar refractivity (Wildman–Crippen MR) is 111 cm³/mol. The largest absolute Gasteiger partial charge is 0.489 e. The Morgan fingerprint density at radius 2 is 1.82 bits per heavy atom. The number of ether oxygens (including phenoxy) is 1. The molecule has 6 heteroatoms. The summed E-state index contributed by atoms with van der Waals surface area (Å²) < 4.78 is 33.1. The lowest BCUT2D eigenvalue weighted by Crippen LogP contribution is -2.52. The van der Waals surface area contributed by atoms with Gasteiger partial charge in [-0.15, -0.1) is 0 Å². The van der Waals surface area contributed by atoms with E-state index in [1.54, 1.807) is 0 Å². The first-order chi connectivity index (χ1) is 13.4. The molecule has 0 amide bonds. The second kappa shape index (κ2) is 9.07. The van der Waals surface area contributed by atoms with E-state index in [1.807, 2.05) is 61.5 Å². The Morgan fingerprint density at radius 3 is 2.50 bits per heavy atom. The van der Waals surface area contributed by atoms with Gasteiger partial charge in [0.15, 0.2) is 0 Å². The number of hydrogen-bond acceptors (Lipinski definition) is 4. The van der Waals surface area contributed by atoms with Crippen LogP contribution in [0.15, 0.2) is 54.6 Å². The van der Waals surface area contributed by atoms with Crippen molar-refractivity contribution in [1.29, 1.82) is 0 Å². The van der Waals surface area contributed by atoms with Gasteiger partial charge < -0.3 is 9.84 Å².